The summed E-state index contributed by atoms with van der Waals surface area (Å²) >= 11 is 12.0. The van der Waals surface area contributed by atoms with Crippen molar-refractivity contribution in [1.29, 1.82) is 0 Å². The van der Waals surface area contributed by atoms with Crippen LogP contribution in [0.1, 0.15) is 65.2 Å². The zero-order valence-corrected chi connectivity index (χ0v) is 26.2. The number of benzene rings is 2. The van der Waals surface area contributed by atoms with Crippen molar-refractivity contribution in [2.45, 2.75) is 76.2 Å². The largest absolute Gasteiger partial charge is 0.340 e. The molecular formula is C30H42Cl2N4O4S. The van der Waals surface area contributed by atoms with Crippen molar-refractivity contribution in [3.8, 4) is 0 Å². The Hall–Kier alpha value is -2.33. The highest BCUT2D eigenvalue weighted by Crippen LogP contribution is 2.27. The number of nitrogens with one attached hydrogen (secondary N) is 3. The zero-order chi connectivity index (χ0) is 29.8. The van der Waals surface area contributed by atoms with E-state index in [0.717, 1.165) is 38.5 Å². The summed E-state index contributed by atoms with van der Waals surface area (Å²) in [6.07, 6.45) is 6.88. The summed E-state index contributed by atoms with van der Waals surface area (Å²) < 4.78 is 28.0. The Kier molecular flexibility index (Phi) is 13.2. The molecule has 2 aromatic rings. The van der Waals surface area contributed by atoms with Gasteiger partial charge in [0.15, 0.2) is 0 Å². The first-order chi connectivity index (χ1) is 19.5. The first-order valence-corrected chi connectivity index (χ1v) is 16.6. The van der Waals surface area contributed by atoms with Crippen LogP contribution in [0.15, 0.2) is 53.4 Å². The Bertz CT molecular complexity index is 1240. The molecule has 0 saturated heterocycles. The third kappa shape index (κ3) is 11.1. The zero-order valence-electron chi connectivity index (χ0n) is 23.9. The fraction of sp³-hybridized carbons (Fsp3) is 0.533. The van der Waals surface area contributed by atoms with Crippen molar-refractivity contribution in [2.75, 3.05) is 25.0 Å². The van der Waals surface area contributed by atoms with Gasteiger partial charge in [0, 0.05) is 42.3 Å². The summed E-state index contributed by atoms with van der Waals surface area (Å²) in [4.78, 5) is 28.3. The third-order valence-corrected chi connectivity index (χ3v) is 9.34. The average Bonchev–Trinajstić information content (AvgIpc) is 2.92. The van der Waals surface area contributed by atoms with E-state index < -0.39 is 10.0 Å². The van der Waals surface area contributed by atoms with Gasteiger partial charge in [0.25, 0.3) is 0 Å². The Balaban J connectivity index is 1.61. The third-order valence-electron chi connectivity index (χ3n) is 7.16. The van der Waals surface area contributed by atoms with Crippen LogP contribution in [0.3, 0.4) is 0 Å². The number of hydrogen-bond donors (Lipinski definition) is 3. The predicted octanol–water partition coefficient (Wildman–Crippen LogP) is 6.70. The van der Waals surface area contributed by atoms with Crippen molar-refractivity contribution < 1.29 is 18.0 Å². The van der Waals surface area contributed by atoms with Gasteiger partial charge in [0.1, 0.15) is 4.90 Å². The van der Waals surface area contributed by atoms with Crippen LogP contribution in [0, 0.1) is 11.8 Å². The number of unbranched alkanes of at least 4 members (excludes halogenated alkanes) is 1. The van der Waals surface area contributed by atoms with Gasteiger partial charge >= 0.3 is 6.03 Å². The number of para-hydroxylation sites is 1. The number of sulfonamides is 1. The maximum absolute atomic E-state index is 13.6. The molecule has 0 unspecified atom stereocenters. The van der Waals surface area contributed by atoms with Crippen LogP contribution in [-0.2, 0) is 14.8 Å². The SMILES string of the molecule is CC(C)C[C@H](CN(CCCCNS(=O)(=O)c1ccc(Cl)cc1Cl)C(=O)C1CCCCC1)NC(=O)Nc1ccccc1. The van der Waals surface area contributed by atoms with Crippen LogP contribution < -0.4 is 15.4 Å². The monoisotopic (exact) mass is 624 g/mol. The van der Waals surface area contributed by atoms with Crippen molar-refractivity contribution in [1.82, 2.24) is 14.9 Å². The van der Waals surface area contributed by atoms with Gasteiger partial charge in [0.05, 0.1) is 5.02 Å². The number of carbonyl (C=O) groups excluding carboxylic acids is 2. The molecule has 0 bridgehead atoms. The molecular weight excluding hydrogens is 583 g/mol. The van der Waals surface area contributed by atoms with E-state index in [-0.39, 0.29) is 40.4 Å². The van der Waals surface area contributed by atoms with Gasteiger partial charge in [0.2, 0.25) is 15.9 Å². The molecule has 0 spiro atoms. The number of amides is 3. The molecule has 2 aromatic carbocycles. The number of carbonyl (C=O) groups is 2. The summed E-state index contributed by atoms with van der Waals surface area (Å²) in [5.74, 6) is 0.433. The van der Waals surface area contributed by atoms with E-state index in [1.165, 1.54) is 18.2 Å². The second kappa shape index (κ2) is 16.3. The molecule has 1 fully saturated rings. The molecule has 1 aliphatic rings. The van der Waals surface area contributed by atoms with Crippen molar-refractivity contribution in [3.05, 3.63) is 58.6 Å². The number of rotatable bonds is 14. The summed E-state index contributed by atoms with van der Waals surface area (Å²) in [5.41, 5.74) is 0.700. The van der Waals surface area contributed by atoms with Crippen molar-refractivity contribution >= 4 is 50.9 Å². The second-order valence-corrected chi connectivity index (χ2v) is 13.7. The van der Waals surface area contributed by atoms with Gasteiger partial charge in [-0.15, -0.1) is 0 Å². The smallest absolute Gasteiger partial charge is 0.319 e. The second-order valence-electron chi connectivity index (χ2n) is 11.1. The standard InChI is InChI=1S/C30H42Cl2N4O4S/c1-22(2)19-26(35-30(38)34-25-13-7-4-8-14-25)21-36(29(37)23-11-5-3-6-12-23)18-10-9-17-33-41(39,40)28-16-15-24(31)20-27(28)32/h4,7-8,13-16,20,22-23,26,33H,3,5-6,9-12,17-19,21H2,1-2H3,(H2,34,35,38)/t26-/m1/s1. The van der Waals surface area contributed by atoms with Crippen LogP contribution in [0.25, 0.3) is 0 Å². The molecule has 0 aliphatic heterocycles. The molecule has 41 heavy (non-hydrogen) atoms. The maximum atomic E-state index is 13.6. The van der Waals surface area contributed by atoms with E-state index >= 15 is 0 Å². The predicted molar refractivity (Wildman–Crippen MR) is 166 cm³/mol. The lowest BCUT2D eigenvalue weighted by atomic mass is 9.88. The average molecular weight is 626 g/mol. The molecule has 3 N–H and O–H groups in total. The molecule has 1 aliphatic carbocycles. The number of halogens is 2. The van der Waals surface area contributed by atoms with Gasteiger partial charge in [-0.3, -0.25) is 4.79 Å². The summed E-state index contributed by atoms with van der Waals surface area (Å²) in [6, 6.07) is 13.0. The van der Waals surface area contributed by atoms with Crippen LogP contribution in [0.2, 0.25) is 10.0 Å². The highest BCUT2D eigenvalue weighted by atomic mass is 35.5. The highest BCUT2D eigenvalue weighted by molar-refractivity contribution is 7.89. The quantitative estimate of drug-likeness (QED) is 0.203. The van der Waals surface area contributed by atoms with E-state index in [4.69, 9.17) is 23.2 Å². The molecule has 3 rings (SSSR count). The lowest BCUT2D eigenvalue weighted by Gasteiger charge is -2.33. The molecule has 1 atom stereocenters. The number of urea groups is 1. The maximum Gasteiger partial charge on any atom is 0.319 e. The fourth-order valence-electron chi connectivity index (χ4n) is 5.19. The molecule has 8 nitrogen and oxygen atoms in total. The fourth-order valence-corrected chi connectivity index (χ4v) is 7.04. The molecule has 11 heteroatoms. The normalized spacial score (nSPS) is 15.0. The van der Waals surface area contributed by atoms with Crippen LogP contribution >= 0.6 is 23.2 Å². The van der Waals surface area contributed by atoms with Gasteiger partial charge in [-0.2, -0.15) is 0 Å². The summed E-state index contributed by atoms with van der Waals surface area (Å²) in [5, 5.41) is 6.37. The van der Waals surface area contributed by atoms with Crippen molar-refractivity contribution in [2.24, 2.45) is 11.8 Å². The Morgan fingerprint density at radius 1 is 1.00 bits per heavy atom. The number of nitrogens with zero attached hydrogens (tertiary/aromatic N) is 1. The lowest BCUT2D eigenvalue weighted by molar-refractivity contribution is -0.137. The van der Waals surface area contributed by atoms with Gasteiger partial charge < -0.3 is 15.5 Å². The van der Waals surface area contributed by atoms with Gasteiger partial charge in [-0.05, 0) is 68.4 Å². The molecule has 226 valence electrons. The minimum absolute atomic E-state index is 0.00727. The first-order valence-electron chi connectivity index (χ1n) is 14.4. The van der Waals surface area contributed by atoms with Crippen molar-refractivity contribution in [3.63, 3.8) is 0 Å². The topological polar surface area (TPSA) is 108 Å². The highest BCUT2D eigenvalue weighted by Gasteiger charge is 2.28. The Morgan fingerprint density at radius 3 is 2.37 bits per heavy atom. The van der Waals surface area contributed by atoms with Crippen LogP contribution in [0.5, 0.6) is 0 Å². The lowest BCUT2D eigenvalue weighted by Crippen LogP contribution is -2.49. The molecule has 0 aromatic heterocycles. The Labute approximate surface area is 254 Å². The number of anilines is 1. The van der Waals surface area contributed by atoms with Crippen LogP contribution in [-0.4, -0.2) is 50.9 Å². The van der Waals surface area contributed by atoms with E-state index in [2.05, 4.69) is 29.2 Å². The Morgan fingerprint density at radius 2 is 1.71 bits per heavy atom. The molecule has 1 saturated carbocycles. The van der Waals surface area contributed by atoms with E-state index in [9.17, 15) is 18.0 Å². The minimum Gasteiger partial charge on any atom is -0.340 e. The molecule has 3 amide bonds. The first kappa shape index (κ1) is 33.2. The molecule has 0 radical (unpaired) electrons. The minimum atomic E-state index is -3.79. The number of hydrogen-bond acceptors (Lipinski definition) is 4. The molecule has 0 heterocycles. The van der Waals surface area contributed by atoms with E-state index in [1.807, 2.05) is 35.2 Å². The van der Waals surface area contributed by atoms with E-state index in [0.29, 0.717) is 42.6 Å². The van der Waals surface area contributed by atoms with Gasteiger partial charge in [-0.1, -0.05) is 74.5 Å². The van der Waals surface area contributed by atoms with Gasteiger partial charge in [-0.25, -0.2) is 17.9 Å². The summed E-state index contributed by atoms with van der Waals surface area (Å²) in [7, 11) is -3.79. The van der Waals surface area contributed by atoms with Crippen LogP contribution in [0.4, 0.5) is 10.5 Å². The van der Waals surface area contributed by atoms with E-state index in [1.54, 1.807) is 0 Å². The summed E-state index contributed by atoms with van der Waals surface area (Å²) in [6.45, 7) is 5.28.